The van der Waals surface area contributed by atoms with Crippen LogP contribution in [0.3, 0.4) is 0 Å². The van der Waals surface area contributed by atoms with Gasteiger partial charge in [-0.1, -0.05) is 54.1 Å². The van der Waals surface area contributed by atoms with Crippen LogP contribution in [0.25, 0.3) is 17.2 Å². The third-order valence-electron chi connectivity index (χ3n) is 4.02. The molecule has 92 valence electrons. The van der Waals surface area contributed by atoms with E-state index in [4.69, 9.17) is 11.6 Å². The van der Waals surface area contributed by atoms with E-state index in [2.05, 4.69) is 42.5 Å². The molecule has 2 aliphatic rings. The molecule has 0 atom stereocenters. The van der Waals surface area contributed by atoms with Gasteiger partial charge in [0.15, 0.2) is 0 Å². The highest BCUT2D eigenvalue weighted by Gasteiger charge is 2.27. The van der Waals surface area contributed by atoms with Gasteiger partial charge in [0.1, 0.15) is 0 Å². The normalized spacial score (nSPS) is 16.4. The maximum Gasteiger partial charge on any atom is 0.0406 e. The Morgan fingerprint density at radius 2 is 1.63 bits per heavy atom. The molecule has 0 fully saturated rings. The molecule has 0 heterocycles. The van der Waals surface area contributed by atoms with E-state index in [9.17, 15) is 0 Å². The third-order valence-corrected chi connectivity index (χ3v) is 4.27. The number of allylic oxidation sites excluding steroid dienone is 3. The fourth-order valence-electron chi connectivity index (χ4n) is 3.16. The Bertz CT molecular complexity index is 718. The van der Waals surface area contributed by atoms with E-state index in [1.807, 2.05) is 12.1 Å². The lowest BCUT2D eigenvalue weighted by molar-refractivity contribution is 1.08. The molecular formula is C18H13Cl. The minimum atomic E-state index is 0.801. The van der Waals surface area contributed by atoms with Crippen molar-refractivity contribution in [3.8, 4) is 0 Å². The zero-order valence-corrected chi connectivity index (χ0v) is 11.2. The van der Waals surface area contributed by atoms with Crippen molar-refractivity contribution in [3.63, 3.8) is 0 Å². The Hall–Kier alpha value is -1.79. The van der Waals surface area contributed by atoms with Crippen LogP contribution in [-0.2, 0) is 0 Å². The summed E-state index contributed by atoms with van der Waals surface area (Å²) in [5.41, 5.74) is 8.47. The number of fused-ring (bicyclic) bond motifs is 3. The van der Waals surface area contributed by atoms with E-state index in [1.54, 1.807) is 0 Å². The standard InChI is InChI=1S/C18H13Cl/c19-15-8-5-12(6-9-15)17-10-7-14-11-13-3-1-2-4-16(13)18(14)17/h1-6,8-9,11H,7,10H2. The highest BCUT2D eigenvalue weighted by Crippen LogP contribution is 2.49. The van der Waals surface area contributed by atoms with Crippen molar-refractivity contribution in [1.29, 1.82) is 0 Å². The predicted molar refractivity (Wildman–Crippen MR) is 81.9 cm³/mol. The lowest BCUT2D eigenvalue weighted by Crippen LogP contribution is -1.86. The van der Waals surface area contributed by atoms with E-state index in [0.717, 1.165) is 17.9 Å². The molecule has 0 nitrogen and oxygen atoms in total. The average molecular weight is 265 g/mol. The highest BCUT2D eigenvalue weighted by molar-refractivity contribution is 6.30. The second-order valence-corrected chi connectivity index (χ2v) is 5.55. The summed E-state index contributed by atoms with van der Waals surface area (Å²) >= 11 is 5.98. The first-order valence-corrected chi connectivity index (χ1v) is 7.00. The Morgan fingerprint density at radius 1 is 0.842 bits per heavy atom. The molecule has 0 radical (unpaired) electrons. The van der Waals surface area contributed by atoms with E-state index in [1.165, 1.54) is 33.4 Å². The largest absolute Gasteiger partial charge is 0.0843 e. The van der Waals surface area contributed by atoms with Crippen LogP contribution in [0.15, 0.2) is 54.1 Å². The number of benzene rings is 2. The van der Waals surface area contributed by atoms with E-state index in [-0.39, 0.29) is 0 Å². The maximum absolute atomic E-state index is 5.98. The summed E-state index contributed by atoms with van der Waals surface area (Å²) in [5, 5.41) is 0.801. The van der Waals surface area contributed by atoms with Crippen LogP contribution in [0.4, 0.5) is 0 Å². The number of hydrogen-bond donors (Lipinski definition) is 0. The minimum absolute atomic E-state index is 0.801. The van der Waals surface area contributed by atoms with Gasteiger partial charge in [-0.3, -0.25) is 0 Å². The second-order valence-electron chi connectivity index (χ2n) is 5.12. The molecule has 0 aromatic heterocycles. The summed E-state index contributed by atoms with van der Waals surface area (Å²) < 4.78 is 0. The molecule has 0 saturated heterocycles. The summed E-state index contributed by atoms with van der Waals surface area (Å²) in [6, 6.07) is 16.9. The molecule has 0 N–H and O–H groups in total. The fourth-order valence-corrected chi connectivity index (χ4v) is 3.29. The van der Waals surface area contributed by atoms with Crippen LogP contribution in [0.5, 0.6) is 0 Å². The van der Waals surface area contributed by atoms with Gasteiger partial charge in [0.2, 0.25) is 0 Å². The zero-order chi connectivity index (χ0) is 12.8. The van der Waals surface area contributed by atoms with Crippen LogP contribution in [0.2, 0.25) is 5.02 Å². The molecule has 19 heavy (non-hydrogen) atoms. The highest BCUT2D eigenvalue weighted by atomic mass is 35.5. The van der Waals surface area contributed by atoms with Gasteiger partial charge in [-0.2, -0.15) is 0 Å². The van der Waals surface area contributed by atoms with Gasteiger partial charge in [0.25, 0.3) is 0 Å². The van der Waals surface area contributed by atoms with Gasteiger partial charge in [0.05, 0.1) is 0 Å². The lowest BCUT2D eigenvalue weighted by Gasteiger charge is -2.07. The van der Waals surface area contributed by atoms with Crippen LogP contribution < -0.4 is 0 Å². The predicted octanol–water partition coefficient (Wildman–Crippen LogP) is 5.44. The molecule has 0 spiro atoms. The van der Waals surface area contributed by atoms with Gasteiger partial charge in [-0.05, 0) is 58.4 Å². The average Bonchev–Trinajstić information content (AvgIpc) is 2.98. The summed E-state index contributed by atoms with van der Waals surface area (Å²) in [7, 11) is 0. The smallest absolute Gasteiger partial charge is 0.0406 e. The van der Waals surface area contributed by atoms with Crippen molar-refractivity contribution in [2.24, 2.45) is 0 Å². The maximum atomic E-state index is 5.98. The van der Waals surface area contributed by atoms with Gasteiger partial charge < -0.3 is 0 Å². The molecule has 2 aliphatic carbocycles. The first-order valence-electron chi connectivity index (χ1n) is 6.62. The van der Waals surface area contributed by atoms with Gasteiger partial charge in [0, 0.05) is 5.02 Å². The van der Waals surface area contributed by atoms with E-state index in [0.29, 0.717) is 0 Å². The Labute approximate surface area is 118 Å². The monoisotopic (exact) mass is 264 g/mol. The molecule has 4 rings (SSSR count). The van der Waals surface area contributed by atoms with Crippen molar-refractivity contribution in [2.75, 3.05) is 0 Å². The third kappa shape index (κ3) is 1.67. The van der Waals surface area contributed by atoms with Crippen LogP contribution in [0.1, 0.15) is 29.5 Å². The Morgan fingerprint density at radius 3 is 2.47 bits per heavy atom. The molecule has 2 aromatic carbocycles. The molecular weight excluding hydrogens is 252 g/mol. The lowest BCUT2D eigenvalue weighted by atomic mass is 9.97. The Kier molecular flexibility index (Phi) is 2.39. The van der Waals surface area contributed by atoms with Gasteiger partial charge in [-0.15, -0.1) is 0 Å². The molecule has 2 aromatic rings. The summed E-state index contributed by atoms with van der Waals surface area (Å²) in [5.74, 6) is 0. The number of rotatable bonds is 1. The molecule has 0 amide bonds. The van der Waals surface area contributed by atoms with Crippen molar-refractivity contribution in [1.82, 2.24) is 0 Å². The molecule has 0 saturated carbocycles. The van der Waals surface area contributed by atoms with Crippen molar-refractivity contribution in [3.05, 3.63) is 75.8 Å². The molecule has 0 unspecified atom stereocenters. The van der Waals surface area contributed by atoms with Gasteiger partial charge in [-0.25, -0.2) is 0 Å². The molecule has 0 bridgehead atoms. The Balaban J connectivity index is 1.92. The molecule has 0 aliphatic heterocycles. The summed E-state index contributed by atoms with van der Waals surface area (Å²) in [6.07, 6.45) is 4.63. The summed E-state index contributed by atoms with van der Waals surface area (Å²) in [6.45, 7) is 0. The van der Waals surface area contributed by atoms with Crippen LogP contribution in [0, 0.1) is 0 Å². The summed E-state index contributed by atoms with van der Waals surface area (Å²) in [4.78, 5) is 0. The van der Waals surface area contributed by atoms with E-state index < -0.39 is 0 Å². The fraction of sp³-hybridized carbons (Fsp3) is 0.111. The minimum Gasteiger partial charge on any atom is -0.0843 e. The van der Waals surface area contributed by atoms with E-state index >= 15 is 0 Å². The topological polar surface area (TPSA) is 0 Å². The number of halogens is 1. The first-order chi connectivity index (χ1) is 9.33. The SMILES string of the molecule is Clc1ccc(C2=C3C(=Cc4ccccc43)CC2)cc1. The quantitative estimate of drug-likeness (QED) is 0.643. The number of hydrogen-bond acceptors (Lipinski definition) is 0. The first kappa shape index (κ1) is 11.1. The van der Waals surface area contributed by atoms with Crippen molar-refractivity contribution in [2.45, 2.75) is 12.8 Å². The van der Waals surface area contributed by atoms with Crippen LogP contribution in [-0.4, -0.2) is 0 Å². The van der Waals surface area contributed by atoms with Crippen molar-refractivity contribution < 1.29 is 0 Å². The molecule has 1 heteroatoms. The van der Waals surface area contributed by atoms with Gasteiger partial charge >= 0.3 is 0 Å². The zero-order valence-electron chi connectivity index (χ0n) is 10.5. The second kappa shape index (κ2) is 4.11. The van der Waals surface area contributed by atoms with Crippen molar-refractivity contribution >= 4 is 28.8 Å². The van der Waals surface area contributed by atoms with Crippen LogP contribution >= 0.6 is 11.6 Å².